The van der Waals surface area contributed by atoms with Crippen LogP contribution in [-0.2, 0) is 23.4 Å². The molecule has 0 radical (unpaired) electrons. The number of sulfone groups is 1. The van der Waals surface area contributed by atoms with Crippen LogP contribution in [0.5, 0.6) is 0 Å². The van der Waals surface area contributed by atoms with Crippen LogP contribution in [-0.4, -0.2) is 44.9 Å². The largest absolute Gasteiger partial charge is 0.401 e. The molecule has 0 N–H and O–H groups in total. The van der Waals surface area contributed by atoms with Crippen molar-refractivity contribution < 1.29 is 26.6 Å². The molecule has 0 aliphatic carbocycles. The molecule has 0 spiro atoms. The van der Waals surface area contributed by atoms with Gasteiger partial charge in [0.15, 0.2) is 5.03 Å². The lowest BCUT2D eigenvalue weighted by Crippen LogP contribution is -2.40. The molecule has 0 bridgehead atoms. The van der Waals surface area contributed by atoms with Gasteiger partial charge in [-0.05, 0) is 24.4 Å². The van der Waals surface area contributed by atoms with Crippen molar-refractivity contribution in [1.29, 1.82) is 0 Å². The number of rotatable bonds is 14. The van der Waals surface area contributed by atoms with Gasteiger partial charge in [-0.15, -0.1) is 0 Å². The molecule has 2 unspecified atom stereocenters. The fourth-order valence-electron chi connectivity index (χ4n) is 3.02. The predicted octanol–water partition coefficient (Wildman–Crippen LogP) is 5.19. The summed E-state index contributed by atoms with van der Waals surface area (Å²) in [4.78, 5) is 0. The van der Waals surface area contributed by atoms with Gasteiger partial charge in [-0.1, -0.05) is 64.5 Å². The Labute approximate surface area is 175 Å². The Balaban J connectivity index is 2.89. The van der Waals surface area contributed by atoms with Crippen LogP contribution in [0.3, 0.4) is 0 Å². The zero-order valence-electron chi connectivity index (χ0n) is 17.5. The second kappa shape index (κ2) is 12.3. The van der Waals surface area contributed by atoms with Crippen molar-refractivity contribution in [3.8, 4) is 0 Å². The molecule has 0 aromatic carbocycles. The first-order valence-electron chi connectivity index (χ1n) is 10.2. The van der Waals surface area contributed by atoms with Gasteiger partial charge in [-0.3, -0.25) is 0 Å². The highest BCUT2D eigenvalue weighted by atomic mass is 35.5. The van der Waals surface area contributed by atoms with E-state index in [0.717, 1.165) is 51.4 Å². The van der Waals surface area contributed by atoms with E-state index in [4.69, 9.17) is 20.6 Å². The van der Waals surface area contributed by atoms with Crippen LogP contribution in [0.4, 0.5) is 0 Å². The summed E-state index contributed by atoms with van der Waals surface area (Å²) in [6, 6.07) is 0. The molecule has 10 heteroatoms. The summed E-state index contributed by atoms with van der Waals surface area (Å²) in [6.45, 7) is 6.60. The van der Waals surface area contributed by atoms with Crippen molar-refractivity contribution in [2.75, 3.05) is 26.0 Å². The molecule has 1 aliphatic heterocycles. The minimum absolute atomic E-state index is 0.0147. The van der Waals surface area contributed by atoms with Crippen molar-refractivity contribution in [2.24, 2.45) is 5.10 Å². The van der Waals surface area contributed by atoms with E-state index in [1.165, 1.54) is 0 Å². The Morgan fingerprint density at radius 3 is 2.21 bits per heavy atom. The molecular weight excluding hydrogens is 423 g/mol. The molecule has 7 nitrogen and oxygen atoms in total. The highest BCUT2D eigenvalue weighted by molar-refractivity contribution is 7.95. The quantitative estimate of drug-likeness (QED) is 0.204. The van der Waals surface area contributed by atoms with Crippen LogP contribution in [0.2, 0.25) is 0 Å². The smallest absolute Gasteiger partial charge is 0.369 e. The van der Waals surface area contributed by atoms with Gasteiger partial charge in [0.05, 0.1) is 19.4 Å². The minimum Gasteiger partial charge on any atom is -0.401 e. The lowest BCUT2D eigenvalue weighted by atomic mass is 10.2. The van der Waals surface area contributed by atoms with E-state index < -0.39 is 18.1 Å². The number of nitrogens with zero attached hydrogens (tertiary/aromatic N) is 2. The van der Waals surface area contributed by atoms with Crippen LogP contribution in [0, 0.1) is 0 Å². The molecule has 0 fully saturated rings. The molecule has 1 aliphatic rings. The first-order chi connectivity index (χ1) is 13.2. The second-order valence-corrected chi connectivity index (χ2v) is 10.7. The molecule has 0 aromatic heterocycles. The minimum atomic E-state index is -3.60. The first kappa shape index (κ1) is 25.6. The van der Waals surface area contributed by atoms with Crippen molar-refractivity contribution in [1.82, 2.24) is 0 Å². The SMILES string of the molecule is CCCCCCO[PH](=O)OC1=N[N+](C)(CCCCCC)C(S(=O)(=O)CC)=C1Cl. The van der Waals surface area contributed by atoms with E-state index in [-0.39, 0.29) is 26.3 Å². The Kier molecular flexibility index (Phi) is 11.3. The summed E-state index contributed by atoms with van der Waals surface area (Å²) in [6.07, 6.45) is 7.92. The zero-order chi connectivity index (χ0) is 21.2. The Bertz CT molecular complexity index is 696. The van der Waals surface area contributed by atoms with Gasteiger partial charge in [-0.25, -0.2) is 13.0 Å². The molecule has 28 heavy (non-hydrogen) atoms. The second-order valence-electron chi connectivity index (χ2n) is 7.11. The van der Waals surface area contributed by atoms with Crippen LogP contribution in [0.15, 0.2) is 15.2 Å². The van der Waals surface area contributed by atoms with Crippen molar-refractivity contribution in [2.45, 2.75) is 72.1 Å². The predicted molar refractivity (Wildman–Crippen MR) is 115 cm³/mol. The van der Waals surface area contributed by atoms with Crippen LogP contribution >= 0.6 is 19.9 Å². The molecular formula is C18H35ClN2O5PS+. The molecule has 0 saturated carbocycles. The third-order valence-corrected chi connectivity index (χ3v) is 7.84. The topological polar surface area (TPSA) is 82.0 Å². The van der Waals surface area contributed by atoms with E-state index in [9.17, 15) is 13.0 Å². The van der Waals surface area contributed by atoms with Crippen molar-refractivity contribution in [3.05, 3.63) is 10.1 Å². The van der Waals surface area contributed by atoms with Crippen molar-refractivity contribution in [3.63, 3.8) is 0 Å². The molecule has 0 aromatic rings. The molecule has 0 saturated heterocycles. The number of halogens is 1. The van der Waals surface area contributed by atoms with Crippen LogP contribution < -0.4 is 0 Å². The average molecular weight is 458 g/mol. The number of hydrogen-bond donors (Lipinski definition) is 0. The summed E-state index contributed by atoms with van der Waals surface area (Å²) in [5, 5.41) is 4.31. The van der Waals surface area contributed by atoms with Gasteiger partial charge < -0.3 is 9.05 Å². The normalized spacial score (nSPS) is 21.1. The summed E-state index contributed by atoms with van der Waals surface area (Å²) in [5.74, 6) is -0.197. The van der Waals surface area contributed by atoms with Gasteiger partial charge in [0.25, 0.3) is 10.9 Å². The molecule has 2 atom stereocenters. The van der Waals surface area contributed by atoms with E-state index >= 15 is 0 Å². The van der Waals surface area contributed by atoms with E-state index in [1.54, 1.807) is 14.0 Å². The lowest BCUT2D eigenvalue weighted by Gasteiger charge is -2.25. The third-order valence-electron chi connectivity index (χ3n) is 4.64. The average Bonchev–Trinajstić information content (AvgIpc) is 2.89. The summed E-state index contributed by atoms with van der Waals surface area (Å²) < 4.78 is 47.8. The summed E-state index contributed by atoms with van der Waals surface area (Å²) >= 11 is 6.33. The molecule has 164 valence electrons. The van der Waals surface area contributed by atoms with Gasteiger partial charge in [0.2, 0.25) is 9.84 Å². The highest BCUT2D eigenvalue weighted by Crippen LogP contribution is 2.39. The summed E-state index contributed by atoms with van der Waals surface area (Å²) in [5.41, 5.74) is 0. The van der Waals surface area contributed by atoms with Gasteiger partial charge >= 0.3 is 8.25 Å². The molecule has 1 heterocycles. The lowest BCUT2D eigenvalue weighted by molar-refractivity contribution is -0.870. The maximum absolute atomic E-state index is 12.6. The standard InChI is InChI=1S/C18H35ClN2O5PS/c1-5-8-10-12-14-21(4)18(28(23,24)7-3)16(19)17(20-21)26-27(22)25-15-13-11-9-6-2/h27H,5-15H2,1-4H3/q+1. The third kappa shape index (κ3) is 7.45. The highest BCUT2D eigenvalue weighted by Gasteiger charge is 2.48. The fourth-order valence-corrected chi connectivity index (χ4v) is 5.73. The van der Waals surface area contributed by atoms with E-state index in [0.29, 0.717) is 13.2 Å². The van der Waals surface area contributed by atoms with Crippen molar-refractivity contribution >= 4 is 35.6 Å². The monoisotopic (exact) mass is 457 g/mol. The van der Waals surface area contributed by atoms with Crippen LogP contribution in [0.1, 0.15) is 72.1 Å². The zero-order valence-corrected chi connectivity index (χ0v) is 20.1. The van der Waals surface area contributed by atoms with E-state index in [2.05, 4.69) is 18.9 Å². The summed E-state index contributed by atoms with van der Waals surface area (Å²) in [7, 11) is -4.76. The van der Waals surface area contributed by atoms with Gasteiger partial charge in [0, 0.05) is 0 Å². The van der Waals surface area contributed by atoms with Crippen LogP contribution in [0.25, 0.3) is 0 Å². The van der Waals surface area contributed by atoms with E-state index in [1.807, 2.05) is 0 Å². The Morgan fingerprint density at radius 1 is 1.04 bits per heavy atom. The van der Waals surface area contributed by atoms with Gasteiger partial charge in [0.1, 0.15) is 6.54 Å². The number of unbranched alkanes of at least 4 members (excludes halogenated alkanes) is 6. The fraction of sp³-hybridized carbons (Fsp3) is 0.833. The number of quaternary nitrogens is 1. The molecule has 1 rings (SSSR count). The molecule has 0 amide bonds. The Morgan fingerprint density at radius 2 is 1.64 bits per heavy atom. The maximum atomic E-state index is 12.6. The first-order valence-corrected chi connectivity index (χ1v) is 13.4. The van der Waals surface area contributed by atoms with Gasteiger partial charge in [-0.2, -0.15) is 4.59 Å². The maximum Gasteiger partial charge on any atom is 0.369 e. The Hall–Kier alpha value is -0.400. The number of hydrogen-bond acceptors (Lipinski definition) is 6.